The summed E-state index contributed by atoms with van der Waals surface area (Å²) in [6.45, 7) is 4.35. The maximum atomic E-state index is 13.3. The molecule has 1 saturated heterocycles. The maximum absolute atomic E-state index is 13.3. The first-order chi connectivity index (χ1) is 16.9. The number of anilines is 1. The number of ketones is 1. The molecule has 1 unspecified atom stereocenters. The van der Waals surface area contributed by atoms with E-state index >= 15 is 0 Å². The molecule has 1 aliphatic heterocycles. The Balaban J connectivity index is 1.92. The summed E-state index contributed by atoms with van der Waals surface area (Å²) in [6, 6.07) is 18.5. The molecule has 0 bridgehead atoms. The van der Waals surface area contributed by atoms with E-state index in [1.165, 1.54) is 19.1 Å². The Morgan fingerprint density at radius 2 is 1.57 bits per heavy atom. The molecule has 4 rings (SSSR count). The van der Waals surface area contributed by atoms with Gasteiger partial charge in [0.05, 0.1) is 38.0 Å². The topological polar surface area (TPSA) is 85.3 Å². The Morgan fingerprint density at radius 3 is 2.17 bits per heavy atom. The van der Waals surface area contributed by atoms with Crippen molar-refractivity contribution >= 4 is 23.1 Å². The van der Waals surface area contributed by atoms with Crippen LogP contribution in [0.2, 0.25) is 0 Å². The highest BCUT2D eigenvalue weighted by Gasteiger charge is 2.47. The minimum atomic E-state index is -0.847. The van der Waals surface area contributed by atoms with E-state index in [9.17, 15) is 14.7 Å². The number of hydrogen-bond acceptors (Lipinski definition) is 6. The number of ether oxygens (including phenoxy) is 3. The lowest BCUT2D eigenvalue weighted by Crippen LogP contribution is -2.29. The highest BCUT2D eigenvalue weighted by atomic mass is 16.5. The zero-order valence-electron chi connectivity index (χ0n) is 20.1. The summed E-state index contributed by atoms with van der Waals surface area (Å²) in [6.07, 6.45) is 0. The molecular weight excluding hydrogens is 446 g/mol. The van der Waals surface area contributed by atoms with Crippen LogP contribution in [0.4, 0.5) is 5.69 Å². The van der Waals surface area contributed by atoms with E-state index in [2.05, 4.69) is 0 Å². The second-order valence-corrected chi connectivity index (χ2v) is 8.07. The van der Waals surface area contributed by atoms with Crippen molar-refractivity contribution in [2.75, 3.05) is 25.7 Å². The monoisotopic (exact) mass is 473 g/mol. The molecule has 7 nitrogen and oxygen atoms in total. The number of amides is 1. The minimum Gasteiger partial charge on any atom is -0.507 e. The van der Waals surface area contributed by atoms with Crippen molar-refractivity contribution in [3.05, 3.63) is 89.0 Å². The molecular formula is C28H27NO6. The van der Waals surface area contributed by atoms with Crippen molar-refractivity contribution in [1.82, 2.24) is 0 Å². The second kappa shape index (κ2) is 9.93. The number of carbonyl (C=O) groups is 2. The van der Waals surface area contributed by atoms with Crippen molar-refractivity contribution < 1.29 is 28.9 Å². The summed E-state index contributed by atoms with van der Waals surface area (Å²) in [5, 5.41) is 11.4. The Hall–Kier alpha value is -4.26. The van der Waals surface area contributed by atoms with Gasteiger partial charge in [0.15, 0.2) is 0 Å². The number of aliphatic hydroxyl groups is 1. The smallest absolute Gasteiger partial charge is 0.300 e. The molecule has 1 atom stereocenters. The number of methoxy groups -OCH3 is 2. The molecule has 3 aromatic rings. The first-order valence-electron chi connectivity index (χ1n) is 11.2. The van der Waals surface area contributed by atoms with E-state index in [1.54, 1.807) is 54.6 Å². The number of carbonyl (C=O) groups excluding carboxylic acids is 2. The van der Waals surface area contributed by atoms with Gasteiger partial charge in [0, 0.05) is 11.8 Å². The predicted molar refractivity (Wildman–Crippen MR) is 133 cm³/mol. The van der Waals surface area contributed by atoms with Gasteiger partial charge in [0.25, 0.3) is 11.7 Å². The van der Waals surface area contributed by atoms with E-state index < -0.39 is 17.7 Å². The fraction of sp³-hybridized carbons (Fsp3) is 0.214. The van der Waals surface area contributed by atoms with Gasteiger partial charge in [-0.25, -0.2) is 0 Å². The standard InChI is InChI=1S/C28H27NO6/c1-5-35-20-12-8-18(9-13-20)25-24(26(30)22-15-14-21(33-3)16-23(22)34-4)27(31)28(32)29(25)19-10-6-17(2)7-11-19/h6-16,25,30H,5H2,1-4H3/b26-24-. The van der Waals surface area contributed by atoms with E-state index in [1.807, 2.05) is 26.0 Å². The van der Waals surface area contributed by atoms with Crippen LogP contribution in [0.5, 0.6) is 17.2 Å². The molecule has 0 spiro atoms. The maximum Gasteiger partial charge on any atom is 0.300 e. The Labute approximate surface area is 204 Å². The van der Waals surface area contributed by atoms with Gasteiger partial charge in [0.1, 0.15) is 23.0 Å². The average molecular weight is 474 g/mol. The first kappa shape index (κ1) is 23.9. The van der Waals surface area contributed by atoms with Gasteiger partial charge in [0.2, 0.25) is 0 Å². The summed E-state index contributed by atoms with van der Waals surface area (Å²) >= 11 is 0. The Kier molecular flexibility index (Phi) is 6.78. The molecule has 0 radical (unpaired) electrons. The van der Waals surface area contributed by atoms with Crippen LogP contribution in [0.15, 0.2) is 72.3 Å². The van der Waals surface area contributed by atoms with Crippen LogP contribution >= 0.6 is 0 Å². The van der Waals surface area contributed by atoms with Crippen molar-refractivity contribution in [3.8, 4) is 17.2 Å². The normalized spacial score (nSPS) is 16.9. The fourth-order valence-corrected chi connectivity index (χ4v) is 4.17. The van der Waals surface area contributed by atoms with Gasteiger partial charge in [-0.3, -0.25) is 14.5 Å². The predicted octanol–water partition coefficient (Wildman–Crippen LogP) is 5.04. The zero-order chi connectivity index (χ0) is 25.1. The average Bonchev–Trinajstić information content (AvgIpc) is 3.14. The third-order valence-corrected chi connectivity index (χ3v) is 5.93. The molecule has 0 aliphatic carbocycles. The molecule has 3 aromatic carbocycles. The van der Waals surface area contributed by atoms with Crippen molar-refractivity contribution in [2.45, 2.75) is 19.9 Å². The lowest BCUT2D eigenvalue weighted by Gasteiger charge is -2.26. The number of hydrogen-bond donors (Lipinski definition) is 1. The molecule has 0 saturated carbocycles. The van der Waals surface area contributed by atoms with Crippen molar-refractivity contribution in [3.63, 3.8) is 0 Å². The molecule has 1 N–H and O–H groups in total. The fourth-order valence-electron chi connectivity index (χ4n) is 4.17. The van der Waals surface area contributed by atoms with Crippen LogP contribution in [-0.2, 0) is 9.59 Å². The minimum absolute atomic E-state index is 0.0248. The summed E-state index contributed by atoms with van der Waals surface area (Å²) in [5.41, 5.74) is 2.49. The van der Waals surface area contributed by atoms with Crippen LogP contribution in [0, 0.1) is 6.92 Å². The quantitative estimate of drug-likeness (QED) is 0.294. The van der Waals surface area contributed by atoms with Crippen LogP contribution in [0.25, 0.3) is 5.76 Å². The summed E-state index contributed by atoms with van der Waals surface area (Å²) in [4.78, 5) is 28.1. The Bertz CT molecular complexity index is 1280. The lowest BCUT2D eigenvalue weighted by molar-refractivity contribution is -0.132. The highest BCUT2D eigenvalue weighted by molar-refractivity contribution is 6.51. The molecule has 7 heteroatoms. The molecule has 1 fully saturated rings. The van der Waals surface area contributed by atoms with Gasteiger partial charge in [-0.1, -0.05) is 29.8 Å². The SMILES string of the molecule is CCOc1ccc(C2/C(=C(/O)c3ccc(OC)cc3OC)C(=O)C(=O)N2c2ccc(C)cc2)cc1. The van der Waals surface area contributed by atoms with Gasteiger partial charge in [-0.15, -0.1) is 0 Å². The van der Waals surface area contributed by atoms with Crippen molar-refractivity contribution in [1.29, 1.82) is 0 Å². The van der Waals surface area contributed by atoms with Crippen molar-refractivity contribution in [2.24, 2.45) is 0 Å². The van der Waals surface area contributed by atoms with Gasteiger partial charge >= 0.3 is 0 Å². The van der Waals surface area contributed by atoms with E-state index in [0.29, 0.717) is 35.1 Å². The summed E-state index contributed by atoms with van der Waals surface area (Å²) < 4.78 is 16.2. The lowest BCUT2D eigenvalue weighted by atomic mass is 9.94. The number of Topliss-reactive ketones (excluding diaryl/α,β-unsaturated/α-hetero) is 1. The number of aryl methyl sites for hydroxylation is 1. The number of rotatable bonds is 7. The second-order valence-electron chi connectivity index (χ2n) is 8.07. The number of benzene rings is 3. The van der Waals surface area contributed by atoms with Crippen LogP contribution in [-0.4, -0.2) is 37.6 Å². The van der Waals surface area contributed by atoms with Crippen LogP contribution < -0.4 is 19.1 Å². The zero-order valence-corrected chi connectivity index (χ0v) is 20.1. The van der Waals surface area contributed by atoms with Gasteiger partial charge in [-0.2, -0.15) is 0 Å². The molecule has 1 heterocycles. The molecule has 180 valence electrons. The van der Waals surface area contributed by atoms with Gasteiger partial charge in [-0.05, 0) is 55.8 Å². The molecule has 1 amide bonds. The highest BCUT2D eigenvalue weighted by Crippen LogP contribution is 2.44. The molecule has 0 aromatic heterocycles. The van der Waals surface area contributed by atoms with Crippen LogP contribution in [0.1, 0.15) is 29.7 Å². The Morgan fingerprint density at radius 1 is 0.914 bits per heavy atom. The third-order valence-electron chi connectivity index (χ3n) is 5.93. The summed E-state index contributed by atoms with van der Waals surface area (Å²) in [5.74, 6) is -0.311. The van der Waals surface area contributed by atoms with E-state index in [4.69, 9.17) is 14.2 Å². The van der Waals surface area contributed by atoms with E-state index in [-0.39, 0.29) is 16.9 Å². The van der Waals surface area contributed by atoms with Gasteiger partial charge < -0.3 is 19.3 Å². The number of nitrogens with zero attached hydrogens (tertiary/aromatic N) is 1. The first-order valence-corrected chi connectivity index (χ1v) is 11.2. The number of aliphatic hydroxyl groups excluding tert-OH is 1. The van der Waals surface area contributed by atoms with E-state index in [0.717, 1.165) is 5.56 Å². The molecule has 35 heavy (non-hydrogen) atoms. The third kappa shape index (κ3) is 4.45. The van der Waals surface area contributed by atoms with Crippen LogP contribution in [0.3, 0.4) is 0 Å². The largest absolute Gasteiger partial charge is 0.507 e. The molecule has 1 aliphatic rings. The summed E-state index contributed by atoms with van der Waals surface area (Å²) in [7, 11) is 2.98.